The summed E-state index contributed by atoms with van der Waals surface area (Å²) < 4.78 is 30.7. The highest BCUT2D eigenvalue weighted by molar-refractivity contribution is 7.89. The third-order valence-electron chi connectivity index (χ3n) is 2.38. The molecule has 0 aliphatic carbocycles. The van der Waals surface area contributed by atoms with Crippen LogP contribution in [-0.4, -0.2) is 38.8 Å². The van der Waals surface area contributed by atoms with Crippen LogP contribution in [0.3, 0.4) is 0 Å². The van der Waals surface area contributed by atoms with E-state index in [0.29, 0.717) is 13.0 Å². The van der Waals surface area contributed by atoms with Crippen molar-refractivity contribution in [1.82, 2.24) is 4.72 Å². The second-order valence-corrected chi connectivity index (χ2v) is 5.56. The third kappa shape index (κ3) is 4.91. The van der Waals surface area contributed by atoms with Crippen LogP contribution in [0.25, 0.3) is 0 Å². The van der Waals surface area contributed by atoms with Gasteiger partial charge in [0.25, 0.3) is 0 Å². The smallest absolute Gasteiger partial charge is 0.214 e. The van der Waals surface area contributed by atoms with Gasteiger partial charge >= 0.3 is 0 Å². The SMILES string of the molecule is CCOCCS(=O)(=O)NC(C)(CC)C(=N)N. The maximum Gasteiger partial charge on any atom is 0.214 e. The van der Waals surface area contributed by atoms with Crippen LogP contribution in [-0.2, 0) is 14.8 Å². The Morgan fingerprint density at radius 3 is 2.44 bits per heavy atom. The molecular formula is C9H21N3O3S. The van der Waals surface area contributed by atoms with Crippen LogP contribution in [0.1, 0.15) is 27.2 Å². The molecule has 0 radical (unpaired) electrons. The molecule has 0 saturated carbocycles. The fourth-order valence-corrected chi connectivity index (χ4v) is 2.40. The number of amidine groups is 1. The van der Waals surface area contributed by atoms with Gasteiger partial charge < -0.3 is 10.5 Å². The monoisotopic (exact) mass is 251 g/mol. The second-order valence-electron chi connectivity index (χ2n) is 3.72. The molecule has 0 saturated heterocycles. The van der Waals surface area contributed by atoms with Crippen LogP contribution >= 0.6 is 0 Å². The van der Waals surface area contributed by atoms with Gasteiger partial charge in [0.05, 0.1) is 17.9 Å². The normalized spacial score (nSPS) is 15.7. The van der Waals surface area contributed by atoms with Crippen molar-refractivity contribution in [3.05, 3.63) is 0 Å². The molecule has 0 aliphatic rings. The quantitative estimate of drug-likeness (QED) is 0.322. The van der Waals surface area contributed by atoms with Crippen LogP contribution in [0.5, 0.6) is 0 Å². The zero-order valence-electron chi connectivity index (χ0n) is 10.0. The van der Waals surface area contributed by atoms with Gasteiger partial charge in [-0.2, -0.15) is 0 Å². The second kappa shape index (κ2) is 6.17. The first-order chi connectivity index (χ1) is 7.27. The molecule has 0 aromatic rings. The van der Waals surface area contributed by atoms with E-state index in [0.717, 1.165) is 0 Å². The molecule has 96 valence electrons. The molecule has 1 atom stereocenters. The summed E-state index contributed by atoms with van der Waals surface area (Å²) in [5, 5.41) is 7.36. The maximum atomic E-state index is 11.6. The van der Waals surface area contributed by atoms with Gasteiger partial charge in [-0.25, -0.2) is 13.1 Å². The van der Waals surface area contributed by atoms with E-state index >= 15 is 0 Å². The molecule has 1 unspecified atom stereocenters. The fourth-order valence-electron chi connectivity index (χ4n) is 1.02. The Bertz CT molecular complexity index is 329. The lowest BCUT2D eigenvalue weighted by atomic mass is 10.00. The van der Waals surface area contributed by atoms with E-state index in [-0.39, 0.29) is 18.2 Å². The van der Waals surface area contributed by atoms with Gasteiger partial charge in [0.2, 0.25) is 10.0 Å². The summed E-state index contributed by atoms with van der Waals surface area (Å²) in [7, 11) is -3.46. The maximum absolute atomic E-state index is 11.6. The van der Waals surface area contributed by atoms with E-state index in [4.69, 9.17) is 15.9 Å². The van der Waals surface area contributed by atoms with Crippen molar-refractivity contribution in [1.29, 1.82) is 5.41 Å². The standard InChI is InChI=1S/C9H21N3O3S/c1-4-9(3,8(10)11)12-16(13,14)7-6-15-5-2/h12H,4-7H2,1-3H3,(H3,10,11). The molecule has 0 fully saturated rings. The van der Waals surface area contributed by atoms with E-state index in [1.165, 1.54) is 0 Å². The summed E-state index contributed by atoms with van der Waals surface area (Å²) in [4.78, 5) is 0. The molecule has 6 nitrogen and oxygen atoms in total. The molecule has 0 aliphatic heterocycles. The molecule has 0 spiro atoms. The minimum Gasteiger partial charge on any atom is -0.386 e. The van der Waals surface area contributed by atoms with Crippen LogP contribution < -0.4 is 10.5 Å². The van der Waals surface area contributed by atoms with Crippen molar-refractivity contribution in [2.24, 2.45) is 5.73 Å². The van der Waals surface area contributed by atoms with Gasteiger partial charge in [-0.05, 0) is 20.3 Å². The molecule has 16 heavy (non-hydrogen) atoms. The molecule has 0 bridgehead atoms. The molecule has 0 rings (SSSR count). The number of hydrogen-bond acceptors (Lipinski definition) is 4. The molecule has 0 heterocycles. The van der Waals surface area contributed by atoms with E-state index in [1.807, 2.05) is 0 Å². The van der Waals surface area contributed by atoms with Crippen LogP contribution in [0.4, 0.5) is 0 Å². The summed E-state index contributed by atoms with van der Waals surface area (Å²) in [6.45, 7) is 5.78. The summed E-state index contributed by atoms with van der Waals surface area (Å²) >= 11 is 0. The number of ether oxygens (including phenoxy) is 1. The molecule has 7 heteroatoms. The lowest BCUT2D eigenvalue weighted by Gasteiger charge is -2.27. The summed E-state index contributed by atoms with van der Waals surface area (Å²) in [6, 6.07) is 0. The van der Waals surface area contributed by atoms with E-state index in [9.17, 15) is 8.42 Å². The van der Waals surface area contributed by atoms with E-state index in [1.54, 1.807) is 20.8 Å². The van der Waals surface area contributed by atoms with Crippen molar-refractivity contribution in [2.45, 2.75) is 32.7 Å². The minimum atomic E-state index is -3.46. The first-order valence-corrected chi connectivity index (χ1v) is 6.86. The van der Waals surface area contributed by atoms with E-state index < -0.39 is 15.6 Å². The highest BCUT2D eigenvalue weighted by atomic mass is 32.2. The average Bonchev–Trinajstić information content (AvgIpc) is 2.16. The van der Waals surface area contributed by atoms with Crippen LogP contribution in [0, 0.1) is 5.41 Å². The molecule has 0 amide bonds. The Kier molecular flexibility index (Phi) is 5.91. The van der Waals surface area contributed by atoms with Crippen molar-refractivity contribution in [3.8, 4) is 0 Å². The van der Waals surface area contributed by atoms with Gasteiger partial charge in [0, 0.05) is 6.61 Å². The first-order valence-electron chi connectivity index (χ1n) is 5.21. The summed E-state index contributed by atoms with van der Waals surface area (Å²) in [5.41, 5.74) is 4.36. The fraction of sp³-hybridized carbons (Fsp3) is 0.889. The molecule has 4 N–H and O–H groups in total. The summed E-state index contributed by atoms with van der Waals surface area (Å²) in [5.74, 6) is -0.307. The average molecular weight is 251 g/mol. The van der Waals surface area contributed by atoms with Crippen LogP contribution in [0.2, 0.25) is 0 Å². The van der Waals surface area contributed by atoms with Gasteiger partial charge in [0.15, 0.2) is 0 Å². The highest BCUT2D eigenvalue weighted by Crippen LogP contribution is 2.10. The zero-order valence-corrected chi connectivity index (χ0v) is 10.9. The zero-order chi connectivity index (χ0) is 12.8. The Hall–Kier alpha value is -0.660. The summed E-state index contributed by atoms with van der Waals surface area (Å²) in [6.07, 6.45) is 0.427. The van der Waals surface area contributed by atoms with Gasteiger partial charge in [-0.15, -0.1) is 0 Å². The number of nitrogens with two attached hydrogens (primary N) is 1. The number of rotatable bonds is 8. The minimum absolute atomic E-state index is 0.121. The topological polar surface area (TPSA) is 105 Å². The van der Waals surface area contributed by atoms with Crippen molar-refractivity contribution in [2.75, 3.05) is 19.0 Å². The lowest BCUT2D eigenvalue weighted by molar-refractivity contribution is 0.163. The molecular weight excluding hydrogens is 230 g/mol. The Morgan fingerprint density at radius 2 is 2.06 bits per heavy atom. The van der Waals surface area contributed by atoms with Gasteiger partial charge in [0.1, 0.15) is 5.84 Å². The molecule has 0 aromatic carbocycles. The number of nitrogens with one attached hydrogen (secondary N) is 2. The van der Waals surface area contributed by atoms with Crippen LogP contribution in [0.15, 0.2) is 0 Å². The third-order valence-corrected chi connectivity index (χ3v) is 3.85. The van der Waals surface area contributed by atoms with Crippen molar-refractivity contribution >= 4 is 15.9 Å². The Labute approximate surface area is 97.1 Å². The van der Waals surface area contributed by atoms with Gasteiger partial charge in [-0.1, -0.05) is 6.92 Å². The largest absolute Gasteiger partial charge is 0.386 e. The predicted molar refractivity (Wildman–Crippen MR) is 64.0 cm³/mol. The Balaban J connectivity index is 4.50. The van der Waals surface area contributed by atoms with Crippen molar-refractivity contribution < 1.29 is 13.2 Å². The number of sulfonamides is 1. The first kappa shape index (κ1) is 15.3. The van der Waals surface area contributed by atoms with Crippen molar-refractivity contribution in [3.63, 3.8) is 0 Å². The number of hydrogen-bond donors (Lipinski definition) is 3. The highest BCUT2D eigenvalue weighted by Gasteiger charge is 2.30. The predicted octanol–water partition coefficient (Wildman–Crippen LogP) is 0.0470. The van der Waals surface area contributed by atoms with E-state index in [2.05, 4.69) is 4.72 Å². The lowest BCUT2D eigenvalue weighted by Crippen LogP contribution is -2.55. The molecule has 0 aromatic heterocycles. The Morgan fingerprint density at radius 1 is 1.50 bits per heavy atom. The van der Waals surface area contributed by atoms with Gasteiger partial charge in [-0.3, -0.25) is 5.41 Å².